The molecule has 1 aromatic heterocycles. The molecule has 3 aromatic carbocycles. The first kappa shape index (κ1) is 47.6. The Labute approximate surface area is 383 Å². The number of pyridine rings is 1. The largest absolute Gasteiger partial charge is 0.506 e. The van der Waals surface area contributed by atoms with Gasteiger partial charge >= 0.3 is 5.97 Å². The monoisotopic (exact) mass is 914 g/mol. The highest BCUT2D eigenvalue weighted by Crippen LogP contribution is 2.44. The number of esters is 1. The van der Waals surface area contributed by atoms with E-state index < -0.39 is 19.8 Å². The quantitative estimate of drug-likeness (QED) is 0.0434. The molecule has 4 heterocycles. The molecule has 14 heteroatoms. The van der Waals surface area contributed by atoms with Crippen molar-refractivity contribution in [1.82, 2.24) is 20.5 Å². The van der Waals surface area contributed by atoms with E-state index in [1.165, 1.54) is 6.07 Å². The molecule has 3 saturated heterocycles. The van der Waals surface area contributed by atoms with Crippen LogP contribution in [-0.2, 0) is 37.1 Å². The number of rotatable bonds is 18. The summed E-state index contributed by atoms with van der Waals surface area (Å²) in [6.45, 7) is 15.1. The Morgan fingerprint density at radius 1 is 1.02 bits per heavy atom. The SMILES string of the molecule is COc1cc(OCC(=O)NCCCc2cccc(C3(C(=O)O[C@H]4CN5CCC4CC5)CCCCC3)c2)c(Cl)cc1CNCC(O[Si](C)(C)C(C)(C)C)c1ccc(O)c2[nH]c(=O)ccc12. The first-order valence-electron chi connectivity index (χ1n) is 23.1. The van der Waals surface area contributed by atoms with Crippen molar-refractivity contribution in [2.45, 2.75) is 121 Å². The maximum absolute atomic E-state index is 14.0. The number of carbonyl (C=O) groups excluding carboxylic acids is 2. The number of methoxy groups -OCH3 is 1. The molecule has 4 N–H and O–H groups in total. The number of aromatic nitrogens is 1. The Bertz CT molecular complexity index is 2330. The molecule has 64 heavy (non-hydrogen) atoms. The van der Waals surface area contributed by atoms with Crippen molar-refractivity contribution < 1.29 is 33.3 Å². The van der Waals surface area contributed by atoms with E-state index in [2.05, 4.69) is 78.6 Å². The molecule has 3 aliphatic heterocycles. The highest BCUT2D eigenvalue weighted by atomic mass is 35.5. The number of amides is 1. The molecule has 4 fully saturated rings. The fourth-order valence-corrected chi connectivity index (χ4v) is 11.0. The summed E-state index contributed by atoms with van der Waals surface area (Å²) in [5, 5.41) is 18.1. The summed E-state index contributed by atoms with van der Waals surface area (Å²) in [7, 11) is -0.703. The molecule has 0 spiro atoms. The van der Waals surface area contributed by atoms with E-state index in [1.54, 1.807) is 31.4 Å². The smallest absolute Gasteiger partial charge is 0.316 e. The van der Waals surface area contributed by atoms with Crippen molar-refractivity contribution in [3.63, 3.8) is 0 Å². The number of benzene rings is 3. The number of phenolic OH excluding ortho intramolecular Hbond substituents is 1. The second-order valence-electron chi connectivity index (χ2n) is 19.5. The van der Waals surface area contributed by atoms with Crippen LogP contribution in [0.2, 0.25) is 23.2 Å². The van der Waals surface area contributed by atoms with E-state index >= 15 is 0 Å². The van der Waals surface area contributed by atoms with Gasteiger partial charge in [-0.25, -0.2) is 0 Å². The van der Waals surface area contributed by atoms with E-state index in [0.29, 0.717) is 53.0 Å². The number of aryl methyl sites for hydroxylation is 1. The topological polar surface area (TPSA) is 151 Å². The fraction of sp³-hybridized carbons (Fsp3) is 0.540. The van der Waals surface area contributed by atoms with Gasteiger partial charge in [-0.05, 0) is 111 Å². The van der Waals surface area contributed by atoms with Crippen LogP contribution in [0.1, 0.15) is 100 Å². The fourth-order valence-electron chi connectivity index (χ4n) is 9.44. The number of hydrogen-bond acceptors (Lipinski definition) is 10. The molecule has 4 aromatic rings. The lowest BCUT2D eigenvalue weighted by Crippen LogP contribution is -2.53. The average Bonchev–Trinajstić information content (AvgIpc) is 3.28. The third-order valence-corrected chi connectivity index (χ3v) is 19.0. The van der Waals surface area contributed by atoms with Gasteiger partial charge in [0.2, 0.25) is 5.56 Å². The molecule has 2 bridgehead atoms. The van der Waals surface area contributed by atoms with Gasteiger partial charge in [0.1, 0.15) is 23.4 Å². The normalized spacial score (nSPS) is 20.1. The lowest BCUT2D eigenvalue weighted by molar-refractivity contribution is -0.167. The molecular formula is C50H67ClN4O8Si. The Morgan fingerprint density at radius 3 is 2.48 bits per heavy atom. The van der Waals surface area contributed by atoms with Crippen LogP contribution in [0.15, 0.2) is 65.5 Å². The number of aromatic amines is 1. The summed E-state index contributed by atoms with van der Waals surface area (Å²) in [6, 6.07) is 18.5. The number of aromatic hydroxyl groups is 1. The number of H-pyrrole nitrogens is 1. The molecule has 1 aliphatic carbocycles. The van der Waals surface area contributed by atoms with Crippen molar-refractivity contribution in [1.29, 1.82) is 0 Å². The third-order valence-electron chi connectivity index (χ3n) is 14.2. The number of piperidine rings is 3. The third kappa shape index (κ3) is 11.0. The zero-order valence-corrected chi connectivity index (χ0v) is 40.2. The number of nitrogens with zero attached hydrogens (tertiary/aromatic N) is 1. The minimum absolute atomic E-state index is 0.00103. The predicted molar refractivity (Wildman–Crippen MR) is 254 cm³/mol. The number of nitrogens with one attached hydrogen (secondary N) is 3. The summed E-state index contributed by atoms with van der Waals surface area (Å²) in [6.07, 6.45) is 8.14. The first-order valence-corrected chi connectivity index (χ1v) is 26.4. The van der Waals surface area contributed by atoms with Crippen molar-refractivity contribution in [3.05, 3.63) is 98.3 Å². The van der Waals surface area contributed by atoms with Gasteiger partial charge < -0.3 is 39.4 Å². The number of ether oxygens (including phenoxy) is 3. The van der Waals surface area contributed by atoms with Crippen LogP contribution in [0.25, 0.3) is 10.9 Å². The second-order valence-corrected chi connectivity index (χ2v) is 24.7. The number of hydrogen-bond donors (Lipinski definition) is 4. The molecule has 12 nitrogen and oxygen atoms in total. The van der Waals surface area contributed by atoms with Crippen molar-refractivity contribution >= 4 is 42.7 Å². The van der Waals surface area contributed by atoms with E-state index in [1.807, 2.05) is 6.07 Å². The van der Waals surface area contributed by atoms with Crippen LogP contribution in [0.5, 0.6) is 17.2 Å². The van der Waals surface area contributed by atoms with Gasteiger partial charge in [-0.1, -0.05) is 82.0 Å². The number of phenols is 1. The van der Waals surface area contributed by atoms with Crippen LogP contribution >= 0.6 is 11.6 Å². The standard InChI is InChI=1S/C50H67ClN4O8Si/c1-49(2,3)64(5,6)63-43(37-15-17-40(56)47-38(37)16-18-45(57)54-47)30-52-29-35-27-39(51)42(28-41(35)60-4)61-32-46(58)53-23-11-13-33-12-10-14-36(26-33)50(21-8-7-9-22-50)48(59)62-44-31-55-24-19-34(44)20-25-55/h10,12,14-18,26-28,34,43-44,52,56H,7-9,11,13,19-25,29-32H2,1-6H3,(H,53,58)(H,54,57)/t43?,44-/m0/s1. The molecule has 1 amide bonds. The van der Waals surface area contributed by atoms with Crippen LogP contribution in [0, 0.1) is 5.92 Å². The average molecular weight is 916 g/mol. The van der Waals surface area contributed by atoms with Crippen LogP contribution in [0.4, 0.5) is 0 Å². The maximum Gasteiger partial charge on any atom is 0.316 e. The molecular weight excluding hydrogens is 848 g/mol. The summed E-state index contributed by atoms with van der Waals surface area (Å²) in [4.78, 5) is 44.3. The minimum atomic E-state index is -2.28. The zero-order valence-electron chi connectivity index (χ0n) is 38.4. The van der Waals surface area contributed by atoms with Gasteiger partial charge in [-0.15, -0.1) is 0 Å². The van der Waals surface area contributed by atoms with Gasteiger partial charge in [-0.2, -0.15) is 0 Å². The zero-order chi connectivity index (χ0) is 45.6. The van der Waals surface area contributed by atoms with Gasteiger partial charge in [0.15, 0.2) is 14.9 Å². The highest BCUT2D eigenvalue weighted by molar-refractivity contribution is 6.74. The van der Waals surface area contributed by atoms with Crippen LogP contribution in [-0.4, -0.2) is 87.7 Å². The van der Waals surface area contributed by atoms with Crippen molar-refractivity contribution in [2.75, 3.05) is 46.4 Å². The minimum Gasteiger partial charge on any atom is -0.506 e. The van der Waals surface area contributed by atoms with Gasteiger partial charge in [-0.3, -0.25) is 19.3 Å². The van der Waals surface area contributed by atoms with E-state index in [9.17, 15) is 19.5 Å². The molecule has 8 rings (SSSR count). The van der Waals surface area contributed by atoms with E-state index in [4.69, 9.17) is 30.2 Å². The summed E-state index contributed by atoms with van der Waals surface area (Å²) in [5.74, 6) is 1.05. The molecule has 346 valence electrons. The molecule has 1 unspecified atom stereocenters. The Morgan fingerprint density at radius 2 is 1.78 bits per heavy atom. The molecule has 1 saturated carbocycles. The maximum atomic E-state index is 14.0. The van der Waals surface area contributed by atoms with Crippen LogP contribution in [0.3, 0.4) is 0 Å². The lowest BCUT2D eigenvalue weighted by atomic mass is 9.69. The second kappa shape index (κ2) is 20.4. The molecule has 2 atom stereocenters. The molecule has 4 aliphatic rings. The first-order chi connectivity index (χ1) is 30.6. The number of carbonyl (C=O) groups is 2. The molecule has 0 radical (unpaired) electrons. The highest BCUT2D eigenvalue weighted by Gasteiger charge is 2.46. The van der Waals surface area contributed by atoms with Gasteiger partial charge in [0.25, 0.3) is 5.91 Å². The van der Waals surface area contributed by atoms with Gasteiger partial charge in [0.05, 0.1) is 29.2 Å². The lowest BCUT2D eigenvalue weighted by Gasteiger charge is -2.45. The summed E-state index contributed by atoms with van der Waals surface area (Å²) < 4.78 is 25.0. The van der Waals surface area contributed by atoms with Crippen molar-refractivity contribution in [2.24, 2.45) is 5.92 Å². The van der Waals surface area contributed by atoms with Crippen LogP contribution < -0.4 is 25.7 Å². The van der Waals surface area contributed by atoms with Crippen molar-refractivity contribution in [3.8, 4) is 17.2 Å². The van der Waals surface area contributed by atoms with Gasteiger partial charge in [0, 0.05) is 49.3 Å². The summed E-state index contributed by atoms with van der Waals surface area (Å²) in [5.41, 5.74) is 3.32. The Hall–Kier alpha value is -4.40. The number of halogens is 1. The predicted octanol–water partition coefficient (Wildman–Crippen LogP) is 8.72. The summed E-state index contributed by atoms with van der Waals surface area (Å²) >= 11 is 6.72. The van der Waals surface area contributed by atoms with E-state index in [0.717, 1.165) is 99.7 Å². The van der Waals surface area contributed by atoms with E-state index in [-0.39, 0.29) is 40.9 Å². The number of fused-ring (bicyclic) bond motifs is 4. The Kier molecular flexibility index (Phi) is 15.2. The Balaban J connectivity index is 0.919.